The Morgan fingerprint density at radius 1 is 1.28 bits per heavy atom. The van der Waals surface area contributed by atoms with Gasteiger partial charge in [-0.05, 0) is 35.1 Å². The van der Waals surface area contributed by atoms with Crippen molar-refractivity contribution >= 4 is 47.2 Å². The molecule has 0 spiro atoms. The molecule has 0 saturated carbocycles. The fourth-order valence-corrected chi connectivity index (χ4v) is 4.60. The molecule has 1 aromatic heterocycles. The van der Waals surface area contributed by atoms with Gasteiger partial charge in [0.05, 0.1) is 6.54 Å². The normalized spacial score (nSPS) is 17.6. The molecule has 0 radical (unpaired) electrons. The molecule has 29 heavy (non-hydrogen) atoms. The fraction of sp³-hybridized carbons (Fsp3) is 0.429. The number of guanidine groups is 1. The van der Waals surface area contributed by atoms with E-state index in [1.165, 1.54) is 16.0 Å². The summed E-state index contributed by atoms with van der Waals surface area (Å²) in [6, 6.07) is 10.3. The molecule has 4 rings (SSSR count). The van der Waals surface area contributed by atoms with Gasteiger partial charge in [0.1, 0.15) is 11.9 Å². The van der Waals surface area contributed by atoms with Crippen molar-refractivity contribution in [1.82, 2.24) is 15.5 Å². The Morgan fingerprint density at radius 2 is 2.14 bits per heavy atom. The van der Waals surface area contributed by atoms with E-state index in [4.69, 9.17) is 4.74 Å². The highest BCUT2D eigenvalue weighted by Gasteiger charge is 2.23. The third kappa shape index (κ3) is 5.42. The zero-order valence-corrected chi connectivity index (χ0v) is 19.7. The molecule has 0 saturated heterocycles. The lowest BCUT2D eigenvalue weighted by molar-refractivity contribution is -0.131. The van der Waals surface area contributed by atoms with E-state index in [0.717, 1.165) is 31.7 Å². The molecule has 1 aromatic carbocycles. The van der Waals surface area contributed by atoms with Gasteiger partial charge < -0.3 is 20.3 Å². The number of para-hydroxylation sites is 1. The van der Waals surface area contributed by atoms with Crippen LogP contribution in [0.1, 0.15) is 22.4 Å². The second-order valence-corrected chi connectivity index (χ2v) is 8.12. The van der Waals surface area contributed by atoms with E-state index in [1.807, 2.05) is 23.1 Å². The van der Waals surface area contributed by atoms with Crippen LogP contribution in [0.2, 0.25) is 0 Å². The smallest absolute Gasteiger partial charge is 0.224 e. The third-order valence-electron chi connectivity index (χ3n) is 5.23. The van der Waals surface area contributed by atoms with Gasteiger partial charge >= 0.3 is 0 Å². The van der Waals surface area contributed by atoms with Crippen molar-refractivity contribution in [3.63, 3.8) is 0 Å². The van der Waals surface area contributed by atoms with Gasteiger partial charge in [0.2, 0.25) is 5.91 Å². The molecule has 156 valence electrons. The first-order valence-electron chi connectivity index (χ1n) is 9.75. The number of ether oxygens (including phenoxy) is 1. The number of amides is 1. The summed E-state index contributed by atoms with van der Waals surface area (Å²) in [5.41, 5.74) is 2.55. The molecule has 8 heteroatoms. The van der Waals surface area contributed by atoms with Crippen molar-refractivity contribution in [2.45, 2.75) is 31.9 Å². The van der Waals surface area contributed by atoms with Gasteiger partial charge in [0.25, 0.3) is 0 Å². The number of rotatable bonds is 5. The number of thiophene rings is 1. The molecule has 3 heterocycles. The van der Waals surface area contributed by atoms with E-state index >= 15 is 0 Å². The van der Waals surface area contributed by atoms with E-state index in [1.54, 1.807) is 18.4 Å². The van der Waals surface area contributed by atoms with E-state index in [-0.39, 0.29) is 36.0 Å². The number of carbonyl (C=O) groups excluding carboxylic acids is 1. The summed E-state index contributed by atoms with van der Waals surface area (Å²) in [5.74, 6) is 1.86. The van der Waals surface area contributed by atoms with Crippen molar-refractivity contribution in [2.24, 2.45) is 4.99 Å². The van der Waals surface area contributed by atoms with Crippen LogP contribution in [0.3, 0.4) is 0 Å². The summed E-state index contributed by atoms with van der Waals surface area (Å²) in [7, 11) is 1.74. The van der Waals surface area contributed by atoms with Crippen LogP contribution in [-0.2, 0) is 24.2 Å². The Morgan fingerprint density at radius 3 is 2.97 bits per heavy atom. The molecule has 2 aliphatic heterocycles. The van der Waals surface area contributed by atoms with Gasteiger partial charge in [-0.3, -0.25) is 9.79 Å². The van der Waals surface area contributed by atoms with Crippen molar-refractivity contribution in [3.8, 4) is 5.75 Å². The molecule has 6 nitrogen and oxygen atoms in total. The second-order valence-electron chi connectivity index (χ2n) is 7.12. The maximum Gasteiger partial charge on any atom is 0.224 e. The van der Waals surface area contributed by atoms with Crippen LogP contribution in [-0.4, -0.2) is 49.6 Å². The lowest BCUT2D eigenvalue weighted by Gasteiger charge is -2.27. The summed E-state index contributed by atoms with van der Waals surface area (Å²) in [5, 5.41) is 8.65. The van der Waals surface area contributed by atoms with E-state index in [2.05, 4.69) is 33.1 Å². The average molecular weight is 526 g/mol. The molecule has 1 amide bonds. The van der Waals surface area contributed by atoms with Gasteiger partial charge in [-0.1, -0.05) is 18.2 Å². The Balaban J connectivity index is 0.00000240. The van der Waals surface area contributed by atoms with E-state index in [9.17, 15) is 4.79 Å². The molecule has 0 aliphatic carbocycles. The van der Waals surface area contributed by atoms with Crippen LogP contribution in [0.25, 0.3) is 0 Å². The number of hydrogen-bond donors (Lipinski definition) is 2. The maximum absolute atomic E-state index is 12.5. The second kappa shape index (κ2) is 10.3. The van der Waals surface area contributed by atoms with Gasteiger partial charge in [-0.15, -0.1) is 35.3 Å². The third-order valence-corrected chi connectivity index (χ3v) is 6.25. The van der Waals surface area contributed by atoms with Gasteiger partial charge in [-0.25, -0.2) is 0 Å². The molecule has 0 bridgehead atoms. The number of nitrogens with zero attached hydrogens (tertiary/aromatic N) is 2. The number of benzene rings is 1. The maximum atomic E-state index is 12.5. The van der Waals surface area contributed by atoms with E-state index < -0.39 is 0 Å². The Hall–Kier alpha value is -1.81. The van der Waals surface area contributed by atoms with Crippen LogP contribution >= 0.6 is 35.3 Å². The summed E-state index contributed by atoms with van der Waals surface area (Å²) in [6.07, 6.45) is 2.44. The minimum absolute atomic E-state index is 0. The largest absolute Gasteiger partial charge is 0.488 e. The van der Waals surface area contributed by atoms with Crippen molar-refractivity contribution in [3.05, 3.63) is 51.7 Å². The van der Waals surface area contributed by atoms with Crippen molar-refractivity contribution < 1.29 is 9.53 Å². The Labute approximate surface area is 192 Å². The summed E-state index contributed by atoms with van der Waals surface area (Å²) in [6.45, 7) is 2.80. The molecule has 2 aliphatic rings. The van der Waals surface area contributed by atoms with Gasteiger partial charge in [-0.2, -0.15) is 0 Å². The quantitative estimate of drug-likeness (QED) is 0.358. The number of carbonyl (C=O) groups is 1. The monoisotopic (exact) mass is 526 g/mol. The number of aliphatic imine (C=N–C) groups is 1. The number of nitrogens with one attached hydrogen (secondary N) is 2. The molecular weight excluding hydrogens is 499 g/mol. The minimum atomic E-state index is 0. The Bertz CT molecular complexity index is 845. The predicted molar refractivity (Wildman–Crippen MR) is 127 cm³/mol. The lowest BCUT2D eigenvalue weighted by Crippen LogP contribution is -2.44. The molecule has 0 fully saturated rings. The highest BCUT2D eigenvalue weighted by atomic mass is 127. The Kier molecular flexibility index (Phi) is 7.77. The summed E-state index contributed by atoms with van der Waals surface area (Å²) < 4.78 is 5.94. The van der Waals surface area contributed by atoms with Crippen LogP contribution in [0.5, 0.6) is 5.75 Å². The lowest BCUT2D eigenvalue weighted by atomic mass is 10.1. The number of fused-ring (bicyclic) bond motifs is 2. The van der Waals surface area contributed by atoms with Gasteiger partial charge in [0.15, 0.2) is 5.96 Å². The minimum Gasteiger partial charge on any atom is -0.488 e. The average Bonchev–Trinajstić information content (AvgIpc) is 3.35. The highest BCUT2D eigenvalue weighted by molar-refractivity contribution is 14.0. The van der Waals surface area contributed by atoms with Crippen LogP contribution in [0, 0.1) is 0 Å². The zero-order valence-electron chi connectivity index (χ0n) is 16.5. The number of hydrogen-bond acceptors (Lipinski definition) is 4. The first kappa shape index (κ1) is 21.9. The highest BCUT2D eigenvalue weighted by Crippen LogP contribution is 2.27. The predicted octanol–water partition coefficient (Wildman–Crippen LogP) is 2.81. The first-order valence-corrected chi connectivity index (χ1v) is 10.6. The molecule has 1 atom stereocenters. The zero-order chi connectivity index (χ0) is 19.3. The molecular formula is C21H27IN4O2S. The fourth-order valence-electron chi connectivity index (χ4n) is 3.71. The topological polar surface area (TPSA) is 66.0 Å². The first-order chi connectivity index (χ1) is 13.7. The van der Waals surface area contributed by atoms with Crippen molar-refractivity contribution in [1.29, 1.82) is 0 Å². The summed E-state index contributed by atoms with van der Waals surface area (Å²) in [4.78, 5) is 20.1. The van der Waals surface area contributed by atoms with Crippen LogP contribution in [0.4, 0.5) is 0 Å². The summed E-state index contributed by atoms with van der Waals surface area (Å²) >= 11 is 1.79. The van der Waals surface area contributed by atoms with Crippen LogP contribution in [0.15, 0.2) is 40.7 Å². The van der Waals surface area contributed by atoms with Crippen molar-refractivity contribution in [2.75, 3.05) is 26.7 Å². The number of halogens is 1. The van der Waals surface area contributed by atoms with Gasteiger partial charge in [0, 0.05) is 44.4 Å². The standard InChI is InChI=1S/C21H26N4O2S.HI/c1-22-21(24-13-17-12-15-4-2-3-5-18(15)27-17)23-9-6-20(26)25-10-7-19-16(14-25)8-11-28-19;/h2-5,8,11,17H,6-7,9-10,12-14H2,1H3,(H2,22,23,24);1H. The molecule has 2 N–H and O–H groups in total. The molecule has 2 aromatic rings. The van der Waals surface area contributed by atoms with E-state index in [0.29, 0.717) is 25.5 Å². The SMILES string of the molecule is CN=C(NCCC(=O)N1CCc2sccc2C1)NCC1Cc2ccccc2O1.I. The van der Waals surface area contributed by atoms with Crippen LogP contribution < -0.4 is 15.4 Å². The molecule has 1 unspecified atom stereocenters.